The molecule has 0 fully saturated rings. The predicted octanol–water partition coefficient (Wildman–Crippen LogP) is 5.57. The van der Waals surface area contributed by atoms with Crippen LogP contribution in [0.3, 0.4) is 0 Å². The highest BCUT2D eigenvalue weighted by Crippen LogP contribution is 2.32. The first-order valence-corrected chi connectivity index (χ1v) is 7.05. The highest BCUT2D eigenvalue weighted by Gasteiger charge is 2.05. The second-order valence-corrected chi connectivity index (χ2v) is 6.38. The summed E-state index contributed by atoms with van der Waals surface area (Å²) in [5.74, 6) is -0.356. The number of anilines is 1. The molecule has 1 nitrogen and oxygen atoms in total. The SMILES string of the molecule is Fc1cc(Cl)cc(NCc2cc(Br)c(Cl)s2)c1. The van der Waals surface area contributed by atoms with Crippen LogP contribution in [0.25, 0.3) is 0 Å². The van der Waals surface area contributed by atoms with Crippen LogP contribution in [-0.4, -0.2) is 0 Å². The first-order chi connectivity index (χ1) is 8.04. The predicted molar refractivity (Wildman–Crippen MR) is 75.8 cm³/mol. The molecule has 0 spiro atoms. The topological polar surface area (TPSA) is 12.0 Å². The molecule has 0 radical (unpaired) electrons. The number of hydrogen-bond acceptors (Lipinski definition) is 2. The average Bonchev–Trinajstić information content (AvgIpc) is 2.54. The van der Waals surface area contributed by atoms with Crippen molar-refractivity contribution in [2.24, 2.45) is 0 Å². The van der Waals surface area contributed by atoms with E-state index in [1.165, 1.54) is 23.5 Å². The van der Waals surface area contributed by atoms with Crippen molar-refractivity contribution in [1.29, 1.82) is 0 Å². The molecule has 6 heteroatoms. The second kappa shape index (κ2) is 5.57. The summed E-state index contributed by atoms with van der Waals surface area (Å²) in [7, 11) is 0. The fraction of sp³-hybridized carbons (Fsp3) is 0.0909. The van der Waals surface area contributed by atoms with Gasteiger partial charge in [-0.1, -0.05) is 23.2 Å². The third-order valence-electron chi connectivity index (χ3n) is 2.03. The second-order valence-electron chi connectivity index (χ2n) is 3.35. The lowest BCUT2D eigenvalue weighted by molar-refractivity contribution is 0.628. The van der Waals surface area contributed by atoms with Gasteiger partial charge in [0, 0.05) is 26.6 Å². The monoisotopic (exact) mass is 353 g/mol. The normalized spacial score (nSPS) is 10.6. The zero-order valence-electron chi connectivity index (χ0n) is 8.44. The molecule has 17 heavy (non-hydrogen) atoms. The van der Waals surface area contributed by atoms with E-state index in [-0.39, 0.29) is 5.82 Å². The van der Waals surface area contributed by atoms with E-state index < -0.39 is 0 Å². The van der Waals surface area contributed by atoms with E-state index >= 15 is 0 Å². The quantitative estimate of drug-likeness (QED) is 0.759. The van der Waals surface area contributed by atoms with Gasteiger partial charge in [0.1, 0.15) is 10.2 Å². The summed E-state index contributed by atoms with van der Waals surface area (Å²) in [6, 6.07) is 6.28. The summed E-state index contributed by atoms with van der Waals surface area (Å²) in [6.07, 6.45) is 0. The number of thiophene rings is 1. The lowest BCUT2D eigenvalue weighted by Crippen LogP contribution is -1.97. The molecule has 0 aliphatic heterocycles. The average molecular weight is 355 g/mol. The molecule has 0 aliphatic rings. The van der Waals surface area contributed by atoms with Crippen LogP contribution in [0.2, 0.25) is 9.36 Å². The zero-order valence-corrected chi connectivity index (χ0v) is 12.4. The van der Waals surface area contributed by atoms with Crippen molar-refractivity contribution < 1.29 is 4.39 Å². The Morgan fingerprint density at radius 2 is 2.00 bits per heavy atom. The minimum atomic E-state index is -0.356. The lowest BCUT2D eigenvalue weighted by Gasteiger charge is -2.05. The van der Waals surface area contributed by atoms with Gasteiger partial charge in [-0.05, 0) is 40.2 Å². The Balaban J connectivity index is 2.07. The Bertz CT molecular complexity index is 505. The van der Waals surface area contributed by atoms with Crippen molar-refractivity contribution in [3.8, 4) is 0 Å². The molecule has 0 saturated heterocycles. The van der Waals surface area contributed by atoms with Crippen molar-refractivity contribution in [3.63, 3.8) is 0 Å². The Morgan fingerprint density at radius 1 is 1.24 bits per heavy atom. The first-order valence-electron chi connectivity index (χ1n) is 4.68. The van der Waals surface area contributed by atoms with E-state index in [2.05, 4.69) is 21.2 Å². The highest BCUT2D eigenvalue weighted by atomic mass is 79.9. The van der Waals surface area contributed by atoms with Gasteiger partial charge >= 0.3 is 0 Å². The molecule has 90 valence electrons. The Morgan fingerprint density at radius 3 is 2.59 bits per heavy atom. The minimum Gasteiger partial charge on any atom is -0.380 e. The van der Waals surface area contributed by atoms with E-state index in [1.54, 1.807) is 6.07 Å². The van der Waals surface area contributed by atoms with Crippen LogP contribution < -0.4 is 5.32 Å². The molecular formula is C11H7BrCl2FNS. The van der Waals surface area contributed by atoms with Gasteiger partial charge in [0.2, 0.25) is 0 Å². The molecule has 2 aromatic rings. The maximum absolute atomic E-state index is 13.1. The largest absolute Gasteiger partial charge is 0.380 e. The number of hydrogen-bond donors (Lipinski definition) is 1. The summed E-state index contributed by atoms with van der Waals surface area (Å²) in [5, 5.41) is 3.46. The van der Waals surface area contributed by atoms with Crippen molar-refractivity contribution in [2.45, 2.75) is 6.54 Å². The highest BCUT2D eigenvalue weighted by molar-refractivity contribution is 9.10. The van der Waals surface area contributed by atoms with Gasteiger partial charge in [0.15, 0.2) is 0 Å². The van der Waals surface area contributed by atoms with Crippen LogP contribution in [-0.2, 0) is 6.54 Å². The van der Waals surface area contributed by atoms with E-state index in [1.807, 2.05) is 6.07 Å². The third-order valence-corrected chi connectivity index (χ3v) is 4.72. The summed E-state index contributed by atoms with van der Waals surface area (Å²) < 4.78 is 14.7. The smallest absolute Gasteiger partial charge is 0.126 e. The summed E-state index contributed by atoms with van der Waals surface area (Å²) in [4.78, 5) is 1.06. The van der Waals surface area contributed by atoms with E-state index in [0.717, 1.165) is 9.35 Å². The van der Waals surface area contributed by atoms with Crippen molar-refractivity contribution in [3.05, 3.63) is 48.8 Å². The van der Waals surface area contributed by atoms with Gasteiger partial charge in [0.25, 0.3) is 0 Å². The fourth-order valence-corrected chi connectivity index (χ4v) is 3.28. The van der Waals surface area contributed by atoms with Crippen molar-refractivity contribution >= 4 is 56.2 Å². The first kappa shape index (κ1) is 13.1. The van der Waals surface area contributed by atoms with Crippen molar-refractivity contribution in [2.75, 3.05) is 5.32 Å². The summed E-state index contributed by atoms with van der Waals surface area (Å²) in [6.45, 7) is 0.579. The van der Waals surface area contributed by atoms with Gasteiger partial charge in [-0.15, -0.1) is 11.3 Å². The molecule has 0 aliphatic carbocycles. The Labute approximate surface area is 121 Å². The van der Waals surface area contributed by atoms with Gasteiger partial charge < -0.3 is 5.32 Å². The van der Waals surface area contributed by atoms with Gasteiger partial charge in [-0.2, -0.15) is 0 Å². The summed E-state index contributed by atoms with van der Waals surface area (Å²) in [5.41, 5.74) is 0.649. The molecule has 1 N–H and O–H groups in total. The number of rotatable bonds is 3. The van der Waals surface area contributed by atoms with Gasteiger partial charge in [-0.3, -0.25) is 0 Å². The van der Waals surface area contributed by atoms with E-state index in [4.69, 9.17) is 23.2 Å². The number of nitrogens with one attached hydrogen (secondary N) is 1. The maximum Gasteiger partial charge on any atom is 0.126 e. The molecule has 0 atom stereocenters. The molecular weight excluding hydrogens is 348 g/mol. The number of halogens is 4. The third kappa shape index (κ3) is 3.58. The van der Waals surface area contributed by atoms with Crippen molar-refractivity contribution in [1.82, 2.24) is 0 Å². The molecule has 0 unspecified atom stereocenters. The van der Waals surface area contributed by atoms with Gasteiger partial charge in [-0.25, -0.2) is 4.39 Å². The van der Waals surface area contributed by atoms with Crippen LogP contribution in [0.4, 0.5) is 10.1 Å². The fourth-order valence-electron chi connectivity index (χ4n) is 1.32. The standard InChI is InChI=1S/C11H7BrCl2FNS/c12-10-4-9(17-11(10)14)5-16-8-2-6(13)1-7(15)3-8/h1-4,16H,5H2. The molecule has 2 rings (SSSR count). The zero-order chi connectivity index (χ0) is 12.4. The molecule has 0 saturated carbocycles. The lowest BCUT2D eigenvalue weighted by atomic mass is 10.3. The Kier molecular flexibility index (Phi) is 4.31. The Hall–Kier alpha value is -0.290. The molecule has 1 aromatic carbocycles. The van der Waals surface area contributed by atoms with E-state index in [0.29, 0.717) is 21.6 Å². The molecule has 0 bridgehead atoms. The van der Waals surface area contributed by atoms with E-state index in [9.17, 15) is 4.39 Å². The van der Waals surface area contributed by atoms with Crippen LogP contribution in [0, 0.1) is 5.82 Å². The minimum absolute atomic E-state index is 0.356. The molecule has 1 aromatic heterocycles. The van der Waals surface area contributed by atoms with Crippen LogP contribution >= 0.6 is 50.5 Å². The van der Waals surface area contributed by atoms with Crippen LogP contribution in [0.1, 0.15) is 4.88 Å². The van der Waals surface area contributed by atoms with Gasteiger partial charge in [0.05, 0.1) is 0 Å². The molecule has 0 amide bonds. The van der Waals surface area contributed by atoms with Crippen LogP contribution in [0.15, 0.2) is 28.7 Å². The summed E-state index contributed by atoms with van der Waals surface area (Å²) >= 11 is 16.5. The maximum atomic E-state index is 13.1. The molecule has 1 heterocycles. The van der Waals surface area contributed by atoms with Crippen LogP contribution in [0.5, 0.6) is 0 Å². The number of benzene rings is 1.